The molecule has 0 aromatic rings. The molecule has 0 aliphatic carbocycles. The van der Waals surface area contributed by atoms with E-state index < -0.39 is 0 Å². The fourth-order valence-corrected chi connectivity index (χ4v) is 3.92. The second-order valence-electron chi connectivity index (χ2n) is 8.69. The molecule has 0 saturated carbocycles. The van der Waals surface area contributed by atoms with E-state index >= 15 is 0 Å². The molecule has 2 rings (SSSR count). The number of nitrogens with zero attached hydrogens (tertiary/aromatic N) is 3. The van der Waals surface area contributed by atoms with Crippen molar-refractivity contribution >= 4 is 29.9 Å². The van der Waals surface area contributed by atoms with E-state index in [1.165, 1.54) is 38.9 Å². The van der Waals surface area contributed by atoms with E-state index in [2.05, 4.69) is 49.7 Å². The molecule has 0 bridgehead atoms. The van der Waals surface area contributed by atoms with E-state index in [1.807, 2.05) is 0 Å². The van der Waals surface area contributed by atoms with Crippen LogP contribution < -0.4 is 5.32 Å². The predicted octanol–water partition coefficient (Wildman–Crippen LogP) is 3.67. The van der Waals surface area contributed by atoms with E-state index in [0.717, 1.165) is 44.0 Å². The smallest absolute Gasteiger partial charge is 0.193 e. The molecule has 0 spiro atoms. The first-order valence-electron chi connectivity index (χ1n) is 9.65. The van der Waals surface area contributed by atoms with Crippen LogP contribution in [0.4, 0.5) is 0 Å². The predicted molar refractivity (Wildman–Crippen MR) is 115 cm³/mol. The molecular formula is C19H39IN4. The Morgan fingerprint density at radius 2 is 2.04 bits per heavy atom. The quantitative estimate of drug-likeness (QED) is 0.394. The molecule has 2 saturated heterocycles. The van der Waals surface area contributed by atoms with Crippen LogP contribution in [0, 0.1) is 17.3 Å². The van der Waals surface area contributed by atoms with Crippen LogP contribution in [0.1, 0.15) is 53.9 Å². The van der Waals surface area contributed by atoms with Gasteiger partial charge in [0.25, 0.3) is 0 Å². The van der Waals surface area contributed by atoms with Crippen LogP contribution in [-0.2, 0) is 0 Å². The minimum Gasteiger partial charge on any atom is -0.357 e. The molecule has 1 N–H and O–H groups in total. The Hall–Kier alpha value is -0.0400. The SMILES string of the molecule is CCNC(=NCC1CCCN(CC(C)C)C1)N1CCC(C)(C)C1.I. The van der Waals surface area contributed by atoms with Crippen LogP contribution in [0.25, 0.3) is 0 Å². The zero-order valence-corrected chi connectivity index (χ0v) is 18.8. The molecule has 1 unspecified atom stereocenters. The van der Waals surface area contributed by atoms with Gasteiger partial charge in [-0.15, -0.1) is 24.0 Å². The lowest BCUT2D eigenvalue weighted by Gasteiger charge is -2.33. The molecule has 0 radical (unpaired) electrons. The van der Waals surface area contributed by atoms with E-state index in [0.29, 0.717) is 5.41 Å². The summed E-state index contributed by atoms with van der Waals surface area (Å²) in [5, 5.41) is 3.51. The van der Waals surface area contributed by atoms with Crippen LogP contribution in [0.5, 0.6) is 0 Å². The average molecular weight is 450 g/mol. The summed E-state index contributed by atoms with van der Waals surface area (Å²) < 4.78 is 0. The third kappa shape index (κ3) is 7.06. The summed E-state index contributed by atoms with van der Waals surface area (Å²) in [5.41, 5.74) is 0.426. The number of nitrogens with one attached hydrogen (secondary N) is 1. The van der Waals surface area contributed by atoms with Crippen molar-refractivity contribution in [1.29, 1.82) is 0 Å². The van der Waals surface area contributed by atoms with Crippen LogP contribution in [-0.4, -0.2) is 61.6 Å². The highest BCUT2D eigenvalue weighted by Crippen LogP contribution is 2.28. The second kappa shape index (κ2) is 10.2. The normalized spacial score (nSPS) is 25.0. The van der Waals surface area contributed by atoms with Gasteiger partial charge in [0.1, 0.15) is 0 Å². The van der Waals surface area contributed by atoms with Crippen molar-refractivity contribution in [2.75, 3.05) is 45.8 Å². The largest absolute Gasteiger partial charge is 0.357 e. The summed E-state index contributed by atoms with van der Waals surface area (Å²) >= 11 is 0. The van der Waals surface area contributed by atoms with Gasteiger partial charge >= 0.3 is 0 Å². The van der Waals surface area contributed by atoms with Crippen molar-refractivity contribution in [2.24, 2.45) is 22.2 Å². The van der Waals surface area contributed by atoms with Crippen LogP contribution in [0.15, 0.2) is 4.99 Å². The molecule has 2 heterocycles. The Balaban J connectivity index is 0.00000288. The Morgan fingerprint density at radius 3 is 2.62 bits per heavy atom. The summed E-state index contributed by atoms with van der Waals surface area (Å²) in [7, 11) is 0. The Labute approximate surface area is 166 Å². The van der Waals surface area contributed by atoms with Gasteiger partial charge in [-0.25, -0.2) is 0 Å². The lowest BCUT2D eigenvalue weighted by atomic mass is 9.93. The molecule has 1 atom stereocenters. The van der Waals surface area contributed by atoms with Crippen molar-refractivity contribution in [3.8, 4) is 0 Å². The van der Waals surface area contributed by atoms with Gasteiger partial charge in [0.2, 0.25) is 0 Å². The van der Waals surface area contributed by atoms with Gasteiger partial charge in [-0.3, -0.25) is 4.99 Å². The highest BCUT2D eigenvalue weighted by molar-refractivity contribution is 14.0. The number of likely N-dealkylation sites (tertiary alicyclic amines) is 2. The molecule has 5 heteroatoms. The number of piperidine rings is 1. The van der Waals surface area contributed by atoms with Crippen molar-refractivity contribution in [3.63, 3.8) is 0 Å². The van der Waals surface area contributed by atoms with E-state index in [1.54, 1.807) is 0 Å². The minimum atomic E-state index is 0. The van der Waals surface area contributed by atoms with Gasteiger partial charge in [0, 0.05) is 39.3 Å². The van der Waals surface area contributed by atoms with Crippen molar-refractivity contribution in [1.82, 2.24) is 15.1 Å². The monoisotopic (exact) mass is 450 g/mol. The van der Waals surface area contributed by atoms with Gasteiger partial charge in [-0.05, 0) is 50.0 Å². The third-order valence-electron chi connectivity index (χ3n) is 5.04. The minimum absolute atomic E-state index is 0. The maximum atomic E-state index is 5.00. The first-order valence-corrected chi connectivity index (χ1v) is 9.65. The van der Waals surface area contributed by atoms with E-state index in [4.69, 9.17) is 4.99 Å². The summed E-state index contributed by atoms with van der Waals surface area (Å²) in [6.45, 7) is 19.5. The molecule has 2 aliphatic heterocycles. The number of hydrogen-bond donors (Lipinski definition) is 1. The lowest BCUT2D eigenvalue weighted by Crippen LogP contribution is -2.42. The summed E-state index contributed by atoms with van der Waals surface area (Å²) in [6, 6.07) is 0. The van der Waals surface area contributed by atoms with E-state index in [9.17, 15) is 0 Å². The molecule has 2 fully saturated rings. The third-order valence-corrected chi connectivity index (χ3v) is 5.04. The molecule has 2 aliphatic rings. The summed E-state index contributed by atoms with van der Waals surface area (Å²) in [4.78, 5) is 10.1. The van der Waals surface area contributed by atoms with Crippen molar-refractivity contribution in [2.45, 2.75) is 53.9 Å². The van der Waals surface area contributed by atoms with Gasteiger partial charge in [-0.1, -0.05) is 27.7 Å². The number of hydrogen-bond acceptors (Lipinski definition) is 2. The molecule has 24 heavy (non-hydrogen) atoms. The first-order chi connectivity index (χ1) is 10.9. The maximum Gasteiger partial charge on any atom is 0.193 e. The topological polar surface area (TPSA) is 30.9 Å². The molecule has 0 aromatic carbocycles. The van der Waals surface area contributed by atoms with Gasteiger partial charge in [0.05, 0.1) is 0 Å². The summed E-state index contributed by atoms with van der Waals surface area (Å²) in [5.74, 6) is 2.63. The van der Waals surface area contributed by atoms with Gasteiger partial charge < -0.3 is 15.1 Å². The number of rotatable bonds is 5. The molecule has 4 nitrogen and oxygen atoms in total. The number of guanidine groups is 1. The van der Waals surface area contributed by atoms with Gasteiger partial charge in [-0.2, -0.15) is 0 Å². The number of aliphatic imine (C=N–C) groups is 1. The zero-order valence-electron chi connectivity index (χ0n) is 16.5. The van der Waals surface area contributed by atoms with E-state index in [-0.39, 0.29) is 24.0 Å². The zero-order chi connectivity index (χ0) is 16.9. The number of halogens is 1. The van der Waals surface area contributed by atoms with Crippen molar-refractivity contribution < 1.29 is 0 Å². The van der Waals surface area contributed by atoms with Crippen LogP contribution >= 0.6 is 24.0 Å². The van der Waals surface area contributed by atoms with Crippen LogP contribution in [0.3, 0.4) is 0 Å². The van der Waals surface area contributed by atoms with Crippen molar-refractivity contribution in [3.05, 3.63) is 0 Å². The molecule has 142 valence electrons. The lowest BCUT2D eigenvalue weighted by molar-refractivity contribution is 0.162. The fraction of sp³-hybridized carbons (Fsp3) is 0.947. The molecule has 0 amide bonds. The van der Waals surface area contributed by atoms with Gasteiger partial charge in [0.15, 0.2) is 5.96 Å². The highest BCUT2D eigenvalue weighted by Gasteiger charge is 2.31. The molecule has 0 aromatic heterocycles. The Morgan fingerprint density at radius 1 is 1.29 bits per heavy atom. The second-order valence-corrected chi connectivity index (χ2v) is 8.69. The Bertz CT molecular complexity index is 395. The summed E-state index contributed by atoms with van der Waals surface area (Å²) in [6.07, 6.45) is 3.94. The Kier molecular flexibility index (Phi) is 9.34. The van der Waals surface area contributed by atoms with Crippen LogP contribution in [0.2, 0.25) is 0 Å². The maximum absolute atomic E-state index is 5.00. The highest BCUT2D eigenvalue weighted by atomic mass is 127. The standard InChI is InChI=1S/C19H38N4.HI/c1-6-20-18(23-11-9-19(4,5)15-23)21-12-17-8-7-10-22(14-17)13-16(2)3;/h16-17H,6-15H2,1-5H3,(H,20,21);1H. The first kappa shape index (κ1) is 22.0. The fourth-order valence-electron chi connectivity index (χ4n) is 3.92. The molecular weight excluding hydrogens is 411 g/mol. The average Bonchev–Trinajstić information content (AvgIpc) is 2.83.